The van der Waals surface area contributed by atoms with E-state index in [1.165, 1.54) is 4.90 Å². The second kappa shape index (κ2) is 4.94. The molecule has 0 bridgehead atoms. The maximum Gasteiger partial charge on any atom is 0.411 e. The van der Waals surface area contributed by atoms with Crippen LogP contribution in [0.1, 0.15) is 40.5 Å². The van der Waals surface area contributed by atoms with Crippen molar-refractivity contribution < 1.29 is 19.4 Å². The molecule has 0 radical (unpaired) electrons. The van der Waals surface area contributed by atoms with Gasteiger partial charge in [0.25, 0.3) is 0 Å². The van der Waals surface area contributed by atoms with E-state index in [2.05, 4.69) is 0 Å². The Morgan fingerprint density at radius 3 is 2.41 bits per heavy atom. The average molecular weight is 243 g/mol. The number of carbonyl (C=O) groups excluding carboxylic acids is 1. The third kappa shape index (κ3) is 3.61. The highest BCUT2D eigenvalue weighted by molar-refractivity contribution is 5.80. The smallest absolute Gasteiger partial charge is 0.411 e. The van der Waals surface area contributed by atoms with Gasteiger partial charge >= 0.3 is 12.1 Å². The Balaban J connectivity index is 2.73. The summed E-state index contributed by atoms with van der Waals surface area (Å²) in [5.74, 6) is -0.699. The number of hydrogen-bond acceptors (Lipinski definition) is 3. The minimum Gasteiger partial charge on any atom is -0.480 e. The van der Waals surface area contributed by atoms with Gasteiger partial charge in [-0.1, -0.05) is 13.3 Å². The Kier molecular flexibility index (Phi) is 4.01. The van der Waals surface area contributed by atoms with Crippen molar-refractivity contribution in [2.75, 3.05) is 6.54 Å². The van der Waals surface area contributed by atoms with Crippen LogP contribution in [0.25, 0.3) is 0 Å². The Bertz CT molecular complexity index is 308. The quantitative estimate of drug-likeness (QED) is 0.806. The molecule has 0 aromatic rings. The summed E-state index contributed by atoms with van der Waals surface area (Å²) in [5, 5.41) is 9.09. The number of rotatable bonds is 2. The third-order valence-electron chi connectivity index (χ3n) is 2.88. The van der Waals surface area contributed by atoms with Gasteiger partial charge in [-0.2, -0.15) is 0 Å². The summed E-state index contributed by atoms with van der Waals surface area (Å²) in [6.45, 7) is 7.79. The van der Waals surface area contributed by atoms with Gasteiger partial charge in [0.05, 0.1) is 0 Å². The summed E-state index contributed by atoms with van der Waals surface area (Å²) in [6.07, 6.45) is 0.870. The molecule has 5 nitrogen and oxygen atoms in total. The van der Waals surface area contributed by atoms with Crippen LogP contribution in [-0.4, -0.2) is 40.3 Å². The first-order valence-electron chi connectivity index (χ1n) is 5.97. The van der Waals surface area contributed by atoms with Crippen LogP contribution >= 0.6 is 0 Å². The number of aliphatic carboxylic acids is 1. The predicted molar refractivity (Wildman–Crippen MR) is 62.8 cm³/mol. The van der Waals surface area contributed by atoms with Crippen molar-refractivity contribution in [1.29, 1.82) is 0 Å². The molecule has 0 spiro atoms. The van der Waals surface area contributed by atoms with Crippen LogP contribution in [0.2, 0.25) is 0 Å². The molecule has 1 aliphatic rings. The fourth-order valence-electron chi connectivity index (χ4n) is 1.98. The Hall–Kier alpha value is -1.26. The summed E-state index contributed by atoms with van der Waals surface area (Å²) in [5.41, 5.74) is -0.593. The monoisotopic (exact) mass is 243 g/mol. The molecule has 0 aromatic heterocycles. The lowest BCUT2D eigenvalue weighted by Gasteiger charge is -2.26. The SMILES string of the molecule is CC[C@@H]1C[C@H](C(=O)O)N(C(=O)OC(C)(C)C)C1. The van der Waals surface area contributed by atoms with E-state index in [9.17, 15) is 9.59 Å². The van der Waals surface area contributed by atoms with E-state index in [-0.39, 0.29) is 5.92 Å². The highest BCUT2D eigenvalue weighted by atomic mass is 16.6. The van der Waals surface area contributed by atoms with Crippen LogP contribution < -0.4 is 0 Å². The predicted octanol–water partition coefficient (Wildman–Crippen LogP) is 2.11. The summed E-state index contributed by atoms with van der Waals surface area (Å²) >= 11 is 0. The highest BCUT2D eigenvalue weighted by Gasteiger charge is 2.40. The third-order valence-corrected chi connectivity index (χ3v) is 2.88. The van der Waals surface area contributed by atoms with E-state index in [4.69, 9.17) is 9.84 Å². The molecular formula is C12H21NO4. The second-order valence-corrected chi connectivity index (χ2v) is 5.50. The zero-order valence-electron chi connectivity index (χ0n) is 10.9. The lowest BCUT2D eigenvalue weighted by molar-refractivity contribution is -0.142. The number of ether oxygens (including phenoxy) is 1. The van der Waals surface area contributed by atoms with Gasteiger partial charge in [-0.15, -0.1) is 0 Å². The molecule has 2 atom stereocenters. The summed E-state index contributed by atoms with van der Waals surface area (Å²) in [7, 11) is 0. The second-order valence-electron chi connectivity index (χ2n) is 5.50. The largest absolute Gasteiger partial charge is 0.480 e. The molecule has 5 heteroatoms. The van der Waals surface area contributed by atoms with E-state index < -0.39 is 23.7 Å². The van der Waals surface area contributed by atoms with Gasteiger partial charge in [0.15, 0.2) is 0 Å². The van der Waals surface area contributed by atoms with Crippen molar-refractivity contribution >= 4 is 12.1 Å². The van der Waals surface area contributed by atoms with Gasteiger partial charge in [-0.3, -0.25) is 4.90 Å². The molecule has 0 unspecified atom stereocenters. The van der Waals surface area contributed by atoms with Crippen molar-refractivity contribution in [2.45, 2.75) is 52.2 Å². The Labute approximate surface area is 102 Å². The highest BCUT2D eigenvalue weighted by Crippen LogP contribution is 2.27. The van der Waals surface area contributed by atoms with Crippen LogP contribution in [0.5, 0.6) is 0 Å². The lowest BCUT2D eigenvalue weighted by atomic mass is 10.0. The van der Waals surface area contributed by atoms with Crippen LogP contribution in [0.15, 0.2) is 0 Å². The number of carboxylic acid groups (broad SMARTS) is 1. The maximum absolute atomic E-state index is 11.9. The Morgan fingerprint density at radius 1 is 1.41 bits per heavy atom. The van der Waals surface area contributed by atoms with Crippen molar-refractivity contribution in [3.63, 3.8) is 0 Å². The first kappa shape index (κ1) is 13.8. The number of likely N-dealkylation sites (tertiary alicyclic amines) is 1. The zero-order valence-corrected chi connectivity index (χ0v) is 10.9. The average Bonchev–Trinajstić information content (AvgIpc) is 2.58. The van der Waals surface area contributed by atoms with E-state index in [0.29, 0.717) is 13.0 Å². The normalized spacial score (nSPS) is 24.8. The molecular weight excluding hydrogens is 222 g/mol. The van der Waals surface area contributed by atoms with Crippen LogP contribution in [0.3, 0.4) is 0 Å². The molecule has 1 heterocycles. The summed E-state index contributed by atoms with van der Waals surface area (Å²) < 4.78 is 5.22. The molecule has 0 aromatic carbocycles. The van der Waals surface area contributed by atoms with E-state index in [0.717, 1.165) is 6.42 Å². The summed E-state index contributed by atoms with van der Waals surface area (Å²) in [6, 6.07) is -0.741. The van der Waals surface area contributed by atoms with Crippen LogP contribution in [0.4, 0.5) is 4.79 Å². The molecule has 1 N–H and O–H groups in total. The van der Waals surface area contributed by atoms with Gasteiger partial charge in [0, 0.05) is 6.54 Å². The molecule has 17 heavy (non-hydrogen) atoms. The minimum atomic E-state index is -0.952. The van der Waals surface area contributed by atoms with Gasteiger partial charge in [0.1, 0.15) is 11.6 Å². The van der Waals surface area contributed by atoms with E-state index >= 15 is 0 Å². The molecule has 1 amide bonds. The van der Waals surface area contributed by atoms with E-state index in [1.807, 2.05) is 6.92 Å². The van der Waals surface area contributed by atoms with E-state index in [1.54, 1.807) is 20.8 Å². The van der Waals surface area contributed by atoms with Gasteiger partial charge in [-0.25, -0.2) is 9.59 Å². The number of nitrogens with zero attached hydrogens (tertiary/aromatic N) is 1. The van der Waals surface area contributed by atoms with Crippen molar-refractivity contribution in [2.24, 2.45) is 5.92 Å². The molecule has 1 aliphatic heterocycles. The van der Waals surface area contributed by atoms with Crippen LogP contribution in [-0.2, 0) is 9.53 Å². The van der Waals surface area contributed by atoms with Crippen molar-refractivity contribution in [3.8, 4) is 0 Å². The fraction of sp³-hybridized carbons (Fsp3) is 0.833. The van der Waals surface area contributed by atoms with Gasteiger partial charge < -0.3 is 9.84 Å². The minimum absolute atomic E-state index is 0.253. The number of carboxylic acids is 1. The lowest BCUT2D eigenvalue weighted by Crippen LogP contribution is -2.43. The molecule has 0 saturated carbocycles. The first-order chi connectivity index (χ1) is 7.74. The molecule has 1 saturated heterocycles. The molecule has 1 rings (SSSR count). The molecule has 0 aliphatic carbocycles. The maximum atomic E-state index is 11.9. The van der Waals surface area contributed by atoms with Gasteiger partial charge in [0.2, 0.25) is 0 Å². The van der Waals surface area contributed by atoms with Gasteiger partial charge in [-0.05, 0) is 33.1 Å². The zero-order chi connectivity index (χ0) is 13.2. The summed E-state index contributed by atoms with van der Waals surface area (Å²) in [4.78, 5) is 24.3. The standard InChI is InChI=1S/C12H21NO4/c1-5-8-6-9(10(14)15)13(7-8)11(16)17-12(2,3)4/h8-9H,5-7H2,1-4H3,(H,14,15)/t8-,9-/m1/s1. The van der Waals surface area contributed by atoms with Crippen molar-refractivity contribution in [1.82, 2.24) is 4.90 Å². The Morgan fingerprint density at radius 2 is 2.00 bits per heavy atom. The molecule has 1 fully saturated rings. The van der Waals surface area contributed by atoms with Crippen molar-refractivity contribution in [3.05, 3.63) is 0 Å². The van der Waals surface area contributed by atoms with Crippen LogP contribution in [0, 0.1) is 5.92 Å². The first-order valence-corrected chi connectivity index (χ1v) is 5.97. The topological polar surface area (TPSA) is 66.8 Å². The number of hydrogen-bond donors (Lipinski definition) is 1. The number of amides is 1. The molecule has 98 valence electrons. The number of carbonyl (C=O) groups is 2. The fourth-order valence-corrected chi connectivity index (χ4v) is 1.98.